The van der Waals surface area contributed by atoms with E-state index in [0.29, 0.717) is 5.56 Å². The van der Waals surface area contributed by atoms with E-state index in [4.69, 9.17) is 4.74 Å². The highest BCUT2D eigenvalue weighted by molar-refractivity contribution is 5.85. The van der Waals surface area contributed by atoms with Gasteiger partial charge in [0.1, 0.15) is 0 Å². The first kappa shape index (κ1) is 14.0. The third-order valence-corrected chi connectivity index (χ3v) is 2.42. The maximum absolute atomic E-state index is 12.4. The Morgan fingerprint density at radius 3 is 2.50 bits per heavy atom. The van der Waals surface area contributed by atoms with Gasteiger partial charge in [0, 0.05) is 5.56 Å². The number of hydrogen-bond donors (Lipinski definition) is 1. The second-order valence-electron chi connectivity index (χ2n) is 3.80. The van der Waals surface area contributed by atoms with Crippen LogP contribution in [0, 0.1) is 0 Å². The van der Waals surface area contributed by atoms with Crippen molar-refractivity contribution in [3.8, 4) is 11.4 Å². The topological polar surface area (TPSA) is 67.9 Å². The van der Waals surface area contributed by atoms with Crippen LogP contribution in [0.3, 0.4) is 0 Å². The van der Waals surface area contributed by atoms with E-state index in [2.05, 4.69) is 15.2 Å². The van der Waals surface area contributed by atoms with Crippen LogP contribution < -0.4 is 0 Å². The second-order valence-corrected chi connectivity index (χ2v) is 3.80. The molecule has 0 aliphatic rings. The van der Waals surface area contributed by atoms with Gasteiger partial charge in [0.05, 0.1) is 12.2 Å². The van der Waals surface area contributed by atoms with Crippen molar-refractivity contribution >= 4 is 5.97 Å². The van der Waals surface area contributed by atoms with Gasteiger partial charge >= 0.3 is 12.1 Å². The summed E-state index contributed by atoms with van der Waals surface area (Å²) in [6.07, 6.45) is -4.40. The number of carbonyl (C=O) groups excluding carboxylic acids is 1. The van der Waals surface area contributed by atoms with E-state index in [9.17, 15) is 18.0 Å². The molecule has 0 amide bonds. The normalized spacial score (nSPS) is 11.4. The minimum Gasteiger partial charge on any atom is -0.460 e. The number of rotatable bonds is 3. The van der Waals surface area contributed by atoms with Crippen LogP contribution in [0.2, 0.25) is 0 Å². The van der Waals surface area contributed by atoms with Crippen LogP contribution in [0.15, 0.2) is 24.3 Å². The van der Waals surface area contributed by atoms with Gasteiger partial charge in [0.2, 0.25) is 5.82 Å². The molecular formula is C12H10F3N3O2. The van der Waals surface area contributed by atoms with Gasteiger partial charge < -0.3 is 4.74 Å². The molecule has 0 spiro atoms. The monoisotopic (exact) mass is 285 g/mol. The van der Waals surface area contributed by atoms with Crippen LogP contribution in [0.4, 0.5) is 13.2 Å². The molecular weight excluding hydrogens is 275 g/mol. The Balaban J connectivity index is 2.22. The zero-order chi connectivity index (χ0) is 14.8. The number of carbonyl (C=O) groups is 1. The maximum Gasteiger partial charge on any atom is 0.416 e. The fourth-order valence-electron chi connectivity index (χ4n) is 1.49. The van der Waals surface area contributed by atoms with Crippen molar-refractivity contribution in [3.05, 3.63) is 35.7 Å². The number of H-pyrrole nitrogens is 1. The molecule has 1 aromatic heterocycles. The van der Waals surface area contributed by atoms with E-state index in [-0.39, 0.29) is 18.3 Å². The summed E-state index contributed by atoms with van der Waals surface area (Å²) in [7, 11) is 0. The number of alkyl halides is 3. The predicted octanol–water partition coefficient (Wildman–Crippen LogP) is 2.67. The first-order valence-electron chi connectivity index (χ1n) is 5.69. The summed E-state index contributed by atoms with van der Waals surface area (Å²) in [4.78, 5) is 15.2. The molecule has 0 aliphatic carbocycles. The average Bonchev–Trinajstić information content (AvgIpc) is 2.88. The third kappa shape index (κ3) is 2.95. The number of aromatic nitrogens is 3. The lowest BCUT2D eigenvalue weighted by molar-refractivity contribution is -0.137. The van der Waals surface area contributed by atoms with E-state index in [1.54, 1.807) is 6.92 Å². The molecule has 1 aromatic carbocycles. The second kappa shape index (κ2) is 5.32. The number of nitrogens with one attached hydrogen (secondary N) is 1. The first-order valence-corrected chi connectivity index (χ1v) is 5.69. The molecule has 1 N–H and O–H groups in total. The van der Waals surface area contributed by atoms with Gasteiger partial charge in [-0.1, -0.05) is 12.1 Å². The molecule has 1 heterocycles. The number of aromatic amines is 1. The average molecular weight is 285 g/mol. The van der Waals surface area contributed by atoms with Crippen LogP contribution in [0.1, 0.15) is 23.1 Å². The van der Waals surface area contributed by atoms with Gasteiger partial charge in [0.15, 0.2) is 5.82 Å². The Bertz CT molecular complexity index is 605. The molecule has 0 aliphatic heterocycles. The highest BCUT2D eigenvalue weighted by atomic mass is 19.4. The molecule has 8 heteroatoms. The summed E-state index contributed by atoms with van der Waals surface area (Å²) in [6.45, 7) is 1.83. The fraction of sp³-hybridized carbons (Fsp3) is 0.250. The van der Waals surface area contributed by atoms with E-state index >= 15 is 0 Å². The highest BCUT2D eigenvalue weighted by Gasteiger charge is 2.30. The summed E-state index contributed by atoms with van der Waals surface area (Å²) in [5.74, 6) is -0.637. The molecule has 2 aromatic rings. The van der Waals surface area contributed by atoms with Crippen molar-refractivity contribution in [2.75, 3.05) is 6.61 Å². The van der Waals surface area contributed by atoms with Crippen LogP contribution in [-0.4, -0.2) is 27.8 Å². The zero-order valence-electron chi connectivity index (χ0n) is 10.4. The number of hydrogen-bond acceptors (Lipinski definition) is 4. The van der Waals surface area contributed by atoms with Crippen molar-refractivity contribution in [3.63, 3.8) is 0 Å². The molecule has 0 atom stereocenters. The van der Waals surface area contributed by atoms with Crippen molar-refractivity contribution in [2.45, 2.75) is 13.1 Å². The standard InChI is InChI=1S/C12H10F3N3O2/c1-2-20-11(19)10-16-9(17-18-10)7-3-5-8(6-4-7)12(13,14)15/h3-6H,2H2,1H3,(H,16,17,18). The number of nitrogens with zero attached hydrogens (tertiary/aromatic N) is 2. The van der Waals surface area contributed by atoms with Crippen LogP contribution in [0.25, 0.3) is 11.4 Å². The van der Waals surface area contributed by atoms with E-state index < -0.39 is 17.7 Å². The van der Waals surface area contributed by atoms with Crippen molar-refractivity contribution in [1.29, 1.82) is 0 Å². The summed E-state index contributed by atoms with van der Waals surface area (Å²) in [6, 6.07) is 4.33. The Hall–Kier alpha value is -2.38. The first-order chi connectivity index (χ1) is 9.41. The van der Waals surface area contributed by atoms with Gasteiger partial charge in [-0.15, -0.1) is 0 Å². The lowest BCUT2D eigenvalue weighted by Gasteiger charge is -2.05. The molecule has 2 rings (SSSR count). The SMILES string of the molecule is CCOC(=O)c1nc(-c2ccc(C(F)(F)F)cc2)n[nH]1. The largest absolute Gasteiger partial charge is 0.460 e. The summed E-state index contributed by atoms with van der Waals surface area (Å²) < 4.78 is 42.0. The van der Waals surface area contributed by atoms with Gasteiger partial charge in [-0.05, 0) is 19.1 Å². The smallest absolute Gasteiger partial charge is 0.416 e. The zero-order valence-corrected chi connectivity index (χ0v) is 10.4. The summed E-state index contributed by atoms with van der Waals surface area (Å²) >= 11 is 0. The molecule has 0 saturated carbocycles. The quantitative estimate of drug-likeness (QED) is 0.880. The lowest BCUT2D eigenvalue weighted by atomic mass is 10.1. The molecule has 5 nitrogen and oxygen atoms in total. The maximum atomic E-state index is 12.4. The molecule has 0 unspecified atom stereocenters. The molecule has 20 heavy (non-hydrogen) atoms. The van der Waals surface area contributed by atoms with Crippen LogP contribution in [0.5, 0.6) is 0 Å². The lowest BCUT2D eigenvalue weighted by Crippen LogP contribution is -2.06. The number of halogens is 3. The Labute approximate surface area is 111 Å². The minimum atomic E-state index is -4.40. The van der Waals surface area contributed by atoms with Gasteiger partial charge in [-0.25, -0.2) is 9.78 Å². The molecule has 106 valence electrons. The highest BCUT2D eigenvalue weighted by Crippen LogP contribution is 2.30. The molecule has 0 saturated heterocycles. The van der Waals surface area contributed by atoms with E-state index in [0.717, 1.165) is 12.1 Å². The Kier molecular flexibility index (Phi) is 3.73. The van der Waals surface area contributed by atoms with Crippen molar-refractivity contribution < 1.29 is 22.7 Å². The number of benzene rings is 1. The fourth-order valence-corrected chi connectivity index (χ4v) is 1.49. The minimum absolute atomic E-state index is 0.0956. The number of esters is 1. The van der Waals surface area contributed by atoms with Crippen molar-refractivity contribution in [2.24, 2.45) is 0 Å². The van der Waals surface area contributed by atoms with Crippen LogP contribution in [-0.2, 0) is 10.9 Å². The van der Waals surface area contributed by atoms with Gasteiger partial charge in [0.25, 0.3) is 0 Å². The third-order valence-electron chi connectivity index (χ3n) is 2.42. The molecule has 0 bridgehead atoms. The van der Waals surface area contributed by atoms with E-state index in [1.165, 1.54) is 12.1 Å². The predicted molar refractivity (Wildman–Crippen MR) is 62.8 cm³/mol. The Morgan fingerprint density at radius 2 is 1.95 bits per heavy atom. The summed E-state index contributed by atoms with van der Waals surface area (Å²) in [5, 5.41) is 6.14. The molecule has 0 fully saturated rings. The van der Waals surface area contributed by atoms with Crippen LogP contribution >= 0.6 is 0 Å². The van der Waals surface area contributed by atoms with Gasteiger partial charge in [-0.2, -0.15) is 18.3 Å². The van der Waals surface area contributed by atoms with Gasteiger partial charge in [-0.3, -0.25) is 5.10 Å². The van der Waals surface area contributed by atoms with E-state index in [1.807, 2.05) is 0 Å². The summed E-state index contributed by atoms with van der Waals surface area (Å²) in [5.41, 5.74) is -0.396. The number of ether oxygens (including phenoxy) is 1. The van der Waals surface area contributed by atoms with Crippen molar-refractivity contribution in [1.82, 2.24) is 15.2 Å². The Morgan fingerprint density at radius 1 is 1.30 bits per heavy atom. The molecule has 0 radical (unpaired) electrons.